The summed E-state index contributed by atoms with van der Waals surface area (Å²) in [5.41, 5.74) is 2.09. The molecule has 3 N–H and O–H groups in total. The molecular formula is C12H19N3O2. The Morgan fingerprint density at radius 2 is 2.12 bits per heavy atom. The fraction of sp³-hybridized carbons (Fsp3) is 0.500. The second kappa shape index (κ2) is 7.62. The zero-order valence-electron chi connectivity index (χ0n) is 10.1. The lowest BCUT2D eigenvalue weighted by Crippen LogP contribution is -2.37. The largest absolute Gasteiger partial charge is 0.396 e. The molecule has 1 aromatic heterocycles. The highest BCUT2D eigenvalue weighted by molar-refractivity contribution is 5.73. The molecule has 1 aromatic rings. The number of aliphatic hydroxyl groups excluding tert-OH is 1. The first-order valence-corrected chi connectivity index (χ1v) is 5.76. The quantitative estimate of drug-likeness (QED) is 0.635. The number of urea groups is 1. The lowest BCUT2D eigenvalue weighted by molar-refractivity contribution is 0.238. The molecule has 0 aromatic carbocycles. The molecular weight excluding hydrogens is 218 g/mol. The molecule has 0 aliphatic rings. The number of nitrogens with zero attached hydrogens (tertiary/aromatic N) is 1. The highest BCUT2D eigenvalue weighted by Gasteiger charge is 1.99. The van der Waals surface area contributed by atoms with Gasteiger partial charge in [-0.3, -0.25) is 4.98 Å². The van der Waals surface area contributed by atoms with E-state index in [2.05, 4.69) is 15.6 Å². The van der Waals surface area contributed by atoms with E-state index in [4.69, 9.17) is 5.11 Å². The van der Waals surface area contributed by atoms with E-state index < -0.39 is 0 Å². The van der Waals surface area contributed by atoms with Crippen LogP contribution in [0.1, 0.15) is 17.7 Å². The normalized spacial score (nSPS) is 10.0. The van der Waals surface area contributed by atoms with Crippen molar-refractivity contribution in [3.8, 4) is 0 Å². The maximum absolute atomic E-state index is 11.2. The summed E-state index contributed by atoms with van der Waals surface area (Å²) in [5, 5.41) is 13.9. The van der Waals surface area contributed by atoms with Crippen LogP contribution in [-0.2, 0) is 6.42 Å². The van der Waals surface area contributed by atoms with Gasteiger partial charge in [0.2, 0.25) is 0 Å². The molecule has 0 bridgehead atoms. The average Bonchev–Trinajstić information content (AvgIpc) is 2.32. The van der Waals surface area contributed by atoms with Gasteiger partial charge in [-0.15, -0.1) is 0 Å². The zero-order valence-corrected chi connectivity index (χ0v) is 10.1. The van der Waals surface area contributed by atoms with Crippen molar-refractivity contribution in [3.05, 3.63) is 29.6 Å². The maximum atomic E-state index is 11.2. The van der Waals surface area contributed by atoms with Crippen LogP contribution in [0.5, 0.6) is 0 Å². The Hall–Kier alpha value is -1.62. The van der Waals surface area contributed by atoms with Gasteiger partial charge in [0, 0.05) is 31.6 Å². The van der Waals surface area contributed by atoms with E-state index in [0.717, 1.165) is 17.7 Å². The topological polar surface area (TPSA) is 74.2 Å². The fourth-order valence-corrected chi connectivity index (χ4v) is 1.31. The van der Waals surface area contributed by atoms with E-state index in [-0.39, 0.29) is 12.6 Å². The molecule has 0 unspecified atom stereocenters. The number of rotatable bonds is 6. The Kier molecular flexibility index (Phi) is 6.03. The SMILES string of the molecule is Cc1ccc(CCNC(=O)NCCCO)cn1. The lowest BCUT2D eigenvalue weighted by Gasteiger charge is -2.06. The molecule has 5 heteroatoms. The van der Waals surface area contributed by atoms with Crippen LogP contribution in [-0.4, -0.2) is 35.8 Å². The maximum Gasteiger partial charge on any atom is 0.314 e. The number of nitrogens with one attached hydrogen (secondary N) is 2. The van der Waals surface area contributed by atoms with Crippen molar-refractivity contribution in [2.45, 2.75) is 19.8 Å². The number of aryl methyl sites for hydroxylation is 1. The molecule has 0 saturated carbocycles. The van der Waals surface area contributed by atoms with Crippen molar-refractivity contribution in [1.29, 1.82) is 0 Å². The smallest absolute Gasteiger partial charge is 0.314 e. The van der Waals surface area contributed by atoms with Crippen molar-refractivity contribution in [1.82, 2.24) is 15.6 Å². The van der Waals surface area contributed by atoms with Crippen LogP contribution in [0.25, 0.3) is 0 Å². The minimum absolute atomic E-state index is 0.0926. The second-order valence-corrected chi connectivity index (χ2v) is 3.82. The van der Waals surface area contributed by atoms with E-state index in [1.807, 2.05) is 25.3 Å². The highest BCUT2D eigenvalue weighted by atomic mass is 16.3. The Balaban J connectivity index is 2.14. The summed E-state index contributed by atoms with van der Waals surface area (Å²) in [6, 6.07) is 3.77. The second-order valence-electron chi connectivity index (χ2n) is 3.82. The van der Waals surface area contributed by atoms with Gasteiger partial charge < -0.3 is 15.7 Å². The number of amides is 2. The number of hydrogen-bond acceptors (Lipinski definition) is 3. The van der Waals surface area contributed by atoms with E-state index in [9.17, 15) is 4.79 Å². The van der Waals surface area contributed by atoms with Crippen molar-refractivity contribution in [2.75, 3.05) is 19.7 Å². The van der Waals surface area contributed by atoms with Crippen LogP contribution in [0.15, 0.2) is 18.3 Å². The Bertz CT molecular complexity index is 338. The van der Waals surface area contributed by atoms with Gasteiger partial charge >= 0.3 is 6.03 Å². The molecule has 94 valence electrons. The molecule has 0 fully saturated rings. The van der Waals surface area contributed by atoms with E-state index >= 15 is 0 Å². The third-order valence-electron chi connectivity index (χ3n) is 2.29. The van der Waals surface area contributed by atoms with E-state index in [0.29, 0.717) is 19.5 Å². The molecule has 0 aliphatic carbocycles. The van der Waals surface area contributed by atoms with Crippen LogP contribution in [0, 0.1) is 6.92 Å². The third-order valence-corrected chi connectivity index (χ3v) is 2.29. The van der Waals surface area contributed by atoms with Crippen molar-refractivity contribution in [3.63, 3.8) is 0 Å². The lowest BCUT2D eigenvalue weighted by atomic mass is 10.2. The van der Waals surface area contributed by atoms with E-state index in [1.54, 1.807) is 0 Å². The first-order valence-electron chi connectivity index (χ1n) is 5.76. The van der Waals surface area contributed by atoms with Crippen LogP contribution < -0.4 is 10.6 Å². The Labute approximate surface area is 101 Å². The van der Waals surface area contributed by atoms with Gasteiger partial charge in [-0.05, 0) is 31.4 Å². The van der Waals surface area contributed by atoms with Crippen molar-refractivity contribution in [2.24, 2.45) is 0 Å². The number of carbonyl (C=O) groups is 1. The van der Waals surface area contributed by atoms with Crippen molar-refractivity contribution < 1.29 is 9.90 Å². The molecule has 1 heterocycles. The highest BCUT2D eigenvalue weighted by Crippen LogP contribution is 1.99. The average molecular weight is 237 g/mol. The number of aromatic nitrogens is 1. The monoisotopic (exact) mass is 237 g/mol. The van der Waals surface area contributed by atoms with Gasteiger partial charge in [0.05, 0.1) is 0 Å². The van der Waals surface area contributed by atoms with Gasteiger partial charge in [0.25, 0.3) is 0 Å². The number of aliphatic hydroxyl groups is 1. The minimum Gasteiger partial charge on any atom is -0.396 e. The fourth-order valence-electron chi connectivity index (χ4n) is 1.31. The first kappa shape index (κ1) is 13.4. The molecule has 2 amide bonds. The predicted octanol–water partition coefficient (Wildman–Crippen LogP) is 0.614. The van der Waals surface area contributed by atoms with E-state index in [1.165, 1.54) is 0 Å². The minimum atomic E-state index is -0.196. The van der Waals surface area contributed by atoms with Gasteiger partial charge in [0.15, 0.2) is 0 Å². The number of carbonyl (C=O) groups excluding carboxylic acids is 1. The van der Waals surface area contributed by atoms with Gasteiger partial charge in [-0.1, -0.05) is 6.07 Å². The standard InChI is InChI=1S/C12H19N3O2/c1-10-3-4-11(9-15-10)5-7-14-12(17)13-6-2-8-16/h3-4,9,16H,2,5-8H2,1H3,(H2,13,14,17). The molecule has 0 atom stereocenters. The summed E-state index contributed by atoms with van der Waals surface area (Å²) in [5.74, 6) is 0. The molecule has 5 nitrogen and oxygen atoms in total. The summed E-state index contributed by atoms with van der Waals surface area (Å²) < 4.78 is 0. The molecule has 17 heavy (non-hydrogen) atoms. The number of hydrogen-bond donors (Lipinski definition) is 3. The summed E-state index contributed by atoms with van der Waals surface area (Å²) in [7, 11) is 0. The first-order chi connectivity index (χ1) is 8.22. The molecule has 0 aliphatic heterocycles. The Morgan fingerprint density at radius 3 is 2.76 bits per heavy atom. The van der Waals surface area contributed by atoms with Crippen molar-refractivity contribution >= 4 is 6.03 Å². The molecule has 1 rings (SSSR count). The number of pyridine rings is 1. The molecule has 0 saturated heterocycles. The van der Waals surface area contributed by atoms with Gasteiger partial charge in [-0.25, -0.2) is 4.79 Å². The van der Waals surface area contributed by atoms with Crippen LogP contribution in [0.3, 0.4) is 0 Å². The van der Waals surface area contributed by atoms with Gasteiger partial charge in [0.1, 0.15) is 0 Å². The summed E-state index contributed by atoms with van der Waals surface area (Å²) >= 11 is 0. The molecule has 0 radical (unpaired) electrons. The summed E-state index contributed by atoms with van der Waals surface area (Å²) in [4.78, 5) is 15.4. The predicted molar refractivity (Wildman–Crippen MR) is 65.8 cm³/mol. The van der Waals surface area contributed by atoms with Gasteiger partial charge in [-0.2, -0.15) is 0 Å². The Morgan fingerprint density at radius 1 is 1.35 bits per heavy atom. The third kappa shape index (κ3) is 5.87. The van der Waals surface area contributed by atoms with Crippen LogP contribution in [0.2, 0.25) is 0 Å². The summed E-state index contributed by atoms with van der Waals surface area (Å²) in [6.07, 6.45) is 3.16. The van der Waals surface area contributed by atoms with Crippen LogP contribution >= 0.6 is 0 Å². The summed E-state index contributed by atoms with van der Waals surface area (Å²) in [6.45, 7) is 3.11. The zero-order chi connectivity index (χ0) is 12.5. The molecule has 0 spiro atoms. The van der Waals surface area contributed by atoms with Crippen LogP contribution in [0.4, 0.5) is 4.79 Å².